The molecule has 1 radical (unpaired) electrons. The summed E-state index contributed by atoms with van der Waals surface area (Å²) in [6, 6.07) is 8.64. The number of hydrogen-bond acceptors (Lipinski definition) is 1. The Hall–Kier alpha value is -0.583. The van der Waals surface area contributed by atoms with Crippen molar-refractivity contribution in [3.63, 3.8) is 0 Å². The SMILES string of the molecule is CCCCC(Cn1ccc2cc(Br)ccc21)O[Si](C)C. The molecule has 1 unspecified atom stereocenters. The lowest BCUT2D eigenvalue weighted by Gasteiger charge is -2.21. The predicted octanol–water partition coefficient (Wildman–Crippen LogP) is 5.23. The van der Waals surface area contributed by atoms with Crippen LogP contribution < -0.4 is 0 Å². The van der Waals surface area contributed by atoms with Crippen LogP contribution in [-0.2, 0) is 11.0 Å². The lowest BCUT2D eigenvalue weighted by Crippen LogP contribution is -2.25. The Morgan fingerprint density at radius 2 is 2.10 bits per heavy atom. The van der Waals surface area contributed by atoms with Crippen LogP contribution in [0.1, 0.15) is 26.2 Å². The van der Waals surface area contributed by atoms with Gasteiger partial charge in [-0.1, -0.05) is 35.7 Å². The molecule has 20 heavy (non-hydrogen) atoms. The normalized spacial score (nSPS) is 13.2. The lowest BCUT2D eigenvalue weighted by atomic mass is 10.1. The van der Waals surface area contributed by atoms with Gasteiger partial charge in [-0.2, -0.15) is 0 Å². The molecule has 0 amide bonds. The zero-order valence-corrected chi connectivity index (χ0v) is 15.1. The fraction of sp³-hybridized carbons (Fsp3) is 0.500. The topological polar surface area (TPSA) is 14.2 Å². The first-order valence-electron chi connectivity index (χ1n) is 7.31. The van der Waals surface area contributed by atoms with Crippen molar-refractivity contribution in [2.24, 2.45) is 0 Å². The molecule has 0 bridgehead atoms. The third-order valence-corrected chi connectivity index (χ3v) is 4.71. The van der Waals surface area contributed by atoms with Gasteiger partial charge in [0.05, 0.1) is 6.10 Å². The molecule has 0 saturated carbocycles. The summed E-state index contributed by atoms with van der Waals surface area (Å²) < 4.78 is 9.63. The summed E-state index contributed by atoms with van der Waals surface area (Å²) in [4.78, 5) is 0. The maximum absolute atomic E-state index is 6.17. The number of unbranched alkanes of at least 4 members (excludes halogenated alkanes) is 1. The standard InChI is InChI=1S/C16H23BrNOSi/c1-4-5-6-15(19-20(2)3)12-18-10-9-13-11-14(17)7-8-16(13)18/h7-11,15H,4-6,12H2,1-3H3. The molecule has 1 atom stereocenters. The van der Waals surface area contributed by atoms with Gasteiger partial charge in [-0.3, -0.25) is 0 Å². The third-order valence-electron chi connectivity index (χ3n) is 3.42. The molecule has 1 aromatic carbocycles. The number of aromatic nitrogens is 1. The van der Waals surface area contributed by atoms with E-state index in [4.69, 9.17) is 4.43 Å². The second-order valence-electron chi connectivity index (χ2n) is 5.46. The van der Waals surface area contributed by atoms with Gasteiger partial charge in [0.15, 0.2) is 0 Å². The number of fused-ring (bicyclic) bond motifs is 1. The van der Waals surface area contributed by atoms with Crippen molar-refractivity contribution in [2.75, 3.05) is 0 Å². The average molecular weight is 353 g/mol. The van der Waals surface area contributed by atoms with Crippen molar-refractivity contribution >= 4 is 35.9 Å². The second-order valence-corrected chi connectivity index (χ2v) is 8.43. The van der Waals surface area contributed by atoms with E-state index < -0.39 is 9.04 Å². The summed E-state index contributed by atoms with van der Waals surface area (Å²) in [7, 11) is -0.646. The van der Waals surface area contributed by atoms with E-state index in [0.717, 1.165) is 17.4 Å². The average Bonchev–Trinajstić information content (AvgIpc) is 2.77. The molecule has 4 heteroatoms. The van der Waals surface area contributed by atoms with Crippen LogP contribution in [0.4, 0.5) is 0 Å². The minimum absolute atomic E-state index is 0.345. The highest BCUT2D eigenvalue weighted by Gasteiger charge is 2.13. The van der Waals surface area contributed by atoms with Crippen molar-refractivity contribution in [1.82, 2.24) is 4.57 Å². The van der Waals surface area contributed by atoms with E-state index in [0.29, 0.717) is 6.10 Å². The summed E-state index contributed by atoms with van der Waals surface area (Å²) in [5.41, 5.74) is 1.29. The van der Waals surface area contributed by atoms with E-state index in [1.54, 1.807) is 0 Å². The van der Waals surface area contributed by atoms with Gasteiger partial charge in [-0.25, -0.2) is 0 Å². The highest BCUT2D eigenvalue weighted by molar-refractivity contribution is 9.10. The van der Waals surface area contributed by atoms with Crippen LogP contribution >= 0.6 is 15.9 Å². The number of hydrogen-bond donors (Lipinski definition) is 0. The van der Waals surface area contributed by atoms with Gasteiger partial charge in [0.2, 0.25) is 9.04 Å². The summed E-state index contributed by atoms with van der Waals surface area (Å²) in [5, 5.41) is 1.28. The zero-order chi connectivity index (χ0) is 14.5. The van der Waals surface area contributed by atoms with Crippen molar-refractivity contribution in [3.05, 3.63) is 34.9 Å². The van der Waals surface area contributed by atoms with Gasteiger partial charge in [-0.05, 0) is 43.8 Å². The summed E-state index contributed by atoms with van der Waals surface area (Å²) in [5.74, 6) is 0. The van der Waals surface area contributed by atoms with Crippen molar-refractivity contribution in [3.8, 4) is 0 Å². The van der Waals surface area contributed by atoms with E-state index >= 15 is 0 Å². The molecule has 2 rings (SSSR count). The Labute approximate surface area is 132 Å². The van der Waals surface area contributed by atoms with Crippen LogP contribution in [0.25, 0.3) is 10.9 Å². The summed E-state index contributed by atoms with van der Waals surface area (Å²) in [6.45, 7) is 7.63. The molecule has 0 saturated heterocycles. The minimum Gasteiger partial charge on any atom is -0.412 e. The highest BCUT2D eigenvalue weighted by Crippen LogP contribution is 2.22. The number of halogens is 1. The van der Waals surface area contributed by atoms with Crippen LogP contribution in [0.5, 0.6) is 0 Å². The van der Waals surface area contributed by atoms with E-state index in [2.05, 4.69) is 71.0 Å². The molecule has 1 heterocycles. The van der Waals surface area contributed by atoms with Crippen LogP contribution in [0.2, 0.25) is 13.1 Å². The van der Waals surface area contributed by atoms with Crippen LogP contribution in [0.15, 0.2) is 34.9 Å². The largest absolute Gasteiger partial charge is 0.412 e. The summed E-state index contributed by atoms with van der Waals surface area (Å²) >= 11 is 3.53. The molecular weight excluding hydrogens is 330 g/mol. The van der Waals surface area contributed by atoms with E-state index in [1.165, 1.54) is 23.7 Å². The van der Waals surface area contributed by atoms with Gasteiger partial charge >= 0.3 is 0 Å². The molecule has 2 nitrogen and oxygen atoms in total. The maximum Gasteiger partial charge on any atom is 0.205 e. The molecule has 0 aliphatic carbocycles. The zero-order valence-electron chi connectivity index (χ0n) is 12.5. The molecule has 0 spiro atoms. The Morgan fingerprint density at radius 3 is 2.80 bits per heavy atom. The van der Waals surface area contributed by atoms with Crippen molar-refractivity contribution in [1.29, 1.82) is 0 Å². The molecule has 109 valence electrons. The Morgan fingerprint density at radius 1 is 1.30 bits per heavy atom. The quantitative estimate of drug-likeness (QED) is 0.622. The smallest absolute Gasteiger partial charge is 0.205 e. The van der Waals surface area contributed by atoms with E-state index in [9.17, 15) is 0 Å². The Kier molecular flexibility index (Phi) is 5.87. The van der Waals surface area contributed by atoms with Crippen LogP contribution in [0, 0.1) is 0 Å². The highest BCUT2D eigenvalue weighted by atomic mass is 79.9. The molecule has 2 aromatic rings. The predicted molar refractivity (Wildman–Crippen MR) is 91.5 cm³/mol. The fourth-order valence-corrected chi connectivity index (χ4v) is 3.74. The van der Waals surface area contributed by atoms with E-state index in [1.807, 2.05) is 0 Å². The van der Waals surface area contributed by atoms with E-state index in [-0.39, 0.29) is 0 Å². The molecule has 0 N–H and O–H groups in total. The number of nitrogens with zero attached hydrogens (tertiary/aromatic N) is 1. The summed E-state index contributed by atoms with van der Waals surface area (Å²) in [6.07, 6.45) is 6.15. The first kappa shape index (κ1) is 15.8. The number of benzene rings is 1. The molecule has 0 aliphatic rings. The molecule has 1 aromatic heterocycles. The van der Waals surface area contributed by atoms with Crippen LogP contribution in [0.3, 0.4) is 0 Å². The minimum atomic E-state index is -0.646. The monoisotopic (exact) mass is 352 g/mol. The fourth-order valence-electron chi connectivity index (χ4n) is 2.50. The number of rotatable bonds is 7. The first-order valence-corrected chi connectivity index (χ1v) is 10.5. The third kappa shape index (κ3) is 4.20. The van der Waals surface area contributed by atoms with Gasteiger partial charge in [0, 0.05) is 28.1 Å². The molecule has 0 fully saturated rings. The van der Waals surface area contributed by atoms with Crippen molar-refractivity contribution < 1.29 is 4.43 Å². The Bertz CT molecular complexity index is 552. The first-order chi connectivity index (χ1) is 9.60. The van der Waals surface area contributed by atoms with Gasteiger partial charge in [0.25, 0.3) is 0 Å². The molecule has 0 aliphatic heterocycles. The molecular formula is C16H23BrNOSi. The van der Waals surface area contributed by atoms with Gasteiger partial charge in [0.1, 0.15) is 0 Å². The van der Waals surface area contributed by atoms with Crippen LogP contribution in [-0.4, -0.2) is 19.7 Å². The van der Waals surface area contributed by atoms with Crippen molar-refractivity contribution in [2.45, 2.75) is 51.9 Å². The lowest BCUT2D eigenvalue weighted by molar-refractivity contribution is 0.170. The van der Waals surface area contributed by atoms with Gasteiger partial charge < -0.3 is 8.99 Å². The maximum atomic E-state index is 6.17. The Balaban J connectivity index is 2.14. The van der Waals surface area contributed by atoms with Gasteiger partial charge in [-0.15, -0.1) is 0 Å². The second kappa shape index (κ2) is 7.43.